The molecule has 2 aliphatic heterocycles. The molecule has 12 nitrogen and oxygen atoms in total. The molecule has 256 valence electrons. The van der Waals surface area contributed by atoms with Crippen molar-refractivity contribution in [2.45, 2.75) is 45.3 Å². The van der Waals surface area contributed by atoms with Crippen molar-refractivity contribution in [2.24, 2.45) is 17.8 Å². The van der Waals surface area contributed by atoms with Gasteiger partial charge in [0.2, 0.25) is 11.8 Å². The molecule has 2 aliphatic rings. The first kappa shape index (κ1) is 34.7. The van der Waals surface area contributed by atoms with Crippen molar-refractivity contribution >= 4 is 35.2 Å². The minimum atomic E-state index is -1.22. The number of rotatable bonds is 11. The Bertz CT molecular complexity index is 1650. The largest absolute Gasteiger partial charge is 0.493 e. The van der Waals surface area contributed by atoms with E-state index in [-0.39, 0.29) is 59.0 Å². The molecule has 48 heavy (non-hydrogen) atoms. The third kappa shape index (κ3) is 7.59. The first-order valence-electron chi connectivity index (χ1n) is 16.1. The molecule has 0 spiro atoms. The summed E-state index contributed by atoms with van der Waals surface area (Å²) in [4.78, 5) is 58.2. The number of ether oxygens (including phenoxy) is 2. The van der Waals surface area contributed by atoms with Gasteiger partial charge in [0.1, 0.15) is 10.7 Å². The Balaban J connectivity index is 1.40. The zero-order chi connectivity index (χ0) is 34.6. The molecule has 4 unspecified atom stereocenters. The maximum absolute atomic E-state index is 14.2. The highest BCUT2D eigenvalue weighted by molar-refractivity contribution is 6.29. The van der Waals surface area contributed by atoms with Crippen molar-refractivity contribution in [3.8, 4) is 11.5 Å². The van der Waals surface area contributed by atoms with E-state index in [0.29, 0.717) is 49.5 Å². The molecule has 3 aromatic rings. The SMILES string of the molecule is CNC(=O)C(C)(CCc1ccccc1)NC(=O)C1CN(C(=O)c2cc(Cl)[nH]n2)CC2CN(C(=O)c3ccc(OC(C)C)c(OC)c3)CC21. The standard InChI is InChI=1S/C35H43ClN6O6/c1-21(2)48-28-12-11-23(15-29(28)47-5)32(44)41-17-24-18-42(33(45)27-16-30(36)40-39-27)20-26(25(24)19-41)31(43)38-35(3,34(46)37-4)14-13-22-9-7-6-8-10-22/h6-12,15-16,21,24-26H,13-14,17-20H2,1-5H3,(H,37,46)(H,38,43)(H,39,40). The van der Waals surface area contributed by atoms with E-state index in [1.165, 1.54) is 20.2 Å². The highest BCUT2D eigenvalue weighted by Crippen LogP contribution is 2.38. The van der Waals surface area contributed by atoms with Crippen LogP contribution in [0.2, 0.25) is 5.15 Å². The van der Waals surface area contributed by atoms with Crippen LogP contribution < -0.4 is 20.1 Å². The second-order valence-corrected chi connectivity index (χ2v) is 13.4. The Morgan fingerprint density at radius 3 is 2.33 bits per heavy atom. The maximum Gasteiger partial charge on any atom is 0.274 e. The number of methoxy groups -OCH3 is 1. The first-order chi connectivity index (χ1) is 22.9. The normalized spacial score (nSPS) is 20.1. The van der Waals surface area contributed by atoms with Crippen molar-refractivity contribution < 1.29 is 28.7 Å². The number of amides is 4. The Labute approximate surface area is 285 Å². The molecule has 5 rings (SSSR count). The topological polar surface area (TPSA) is 146 Å². The predicted molar refractivity (Wildman–Crippen MR) is 180 cm³/mol. The van der Waals surface area contributed by atoms with Crippen molar-refractivity contribution in [3.63, 3.8) is 0 Å². The van der Waals surface area contributed by atoms with E-state index in [0.717, 1.165) is 5.56 Å². The highest BCUT2D eigenvalue weighted by atomic mass is 35.5. The lowest BCUT2D eigenvalue weighted by Gasteiger charge is -2.40. The van der Waals surface area contributed by atoms with Gasteiger partial charge in [0.25, 0.3) is 11.8 Å². The zero-order valence-electron chi connectivity index (χ0n) is 27.9. The van der Waals surface area contributed by atoms with Crippen LogP contribution in [0.15, 0.2) is 54.6 Å². The van der Waals surface area contributed by atoms with Gasteiger partial charge >= 0.3 is 0 Å². The molecule has 2 saturated heterocycles. The molecule has 0 aliphatic carbocycles. The number of benzene rings is 2. The summed E-state index contributed by atoms with van der Waals surface area (Å²) in [5, 5.41) is 12.6. The molecule has 2 fully saturated rings. The third-order valence-corrected chi connectivity index (χ3v) is 9.41. The number of nitrogens with zero attached hydrogens (tertiary/aromatic N) is 3. The number of hydrogen-bond acceptors (Lipinski definition) is 7. The summed E-state index contributed by atoms with van der Waals surface area (Å²) in [7, 11) is 3.06. The quantitative estimate of drug-likeness (QED) is 0.281. The van der Waals surface area contributed by atoms with E-state index in [4.69, 9.17) is 21.1 Å². The van der Waals surface area contributed by atoms with Crippen LogP contribution in [0.5, 0.6) is 11.5 Å². The number of aromatic nitrogens is 2. The van der Waals surface area contributed by atoms with Crippen LogP contribution in [-0.4, -0.2) is 95.6 Å². The van der Waals surface area contributed by atoms with Crippen LogP contribution in [0, 0.1) is 17.8 Å². The average molecular weight is 679 g/mol. The molecule has 3 N–H and O–H groups in total. The predicted octanol–water partition coefficient (Wildman–Crippen LogP) is 3.57. The summed E-state index contributed by atoms with van der Waals surface area (Å²) < 4.78 is 11.3. The molecule has 1 aromatic heterocycles. The van der Waals surface area contributed by atoms with Crippen molar-refractivity contribution in [1.29, 1.82) is 0 Å². The Morgan fingerprint density at radius 2 is 1.71 bits per heavy atom. The zero-order valence-corrected chi connectivity index (χ0v) is 28.7. The minimum absolute atomic E-state index is 0.0722. The molecule has 2 aromatic carbocycles. The lowest BCUT2D eigenvalue weighted by Crippen LogP contribution is -2.61. The van der Waals surface area contributed by atoms with Crippen LogP contribution in [0.25, 0.3) is 0 Å². The van der Waals surface area contributed by atoms with Crippen molar-refractivity contribution in [3.05, 3.63) is 76.6 Å². The van der Waals surface area contributed by atoms with Crippen LogP contribution in [-0.2, 0) is 16.0 Å². The van der Waals surface area contributed by atoms with Crippen LogP contribution in [0.4, 0.5) is 0 Å². The van der Waals surface area contributed by atoms with E-state index >= 15 is 0 Å². The minimum Gasteiger partial charge on any atom is -0.493 e. The van der Waals surface area contributed by atoms with E-state index in [1.807, 2.05) is 44.2 Å². The Hall–Kier alpha value is -4.58. The molecule has 0 radical (unpaired) electrons. The fraction of sp³-hybridized carbons (Fsp3) is 0.457. The van der Waals surface area contributed by atoms with Gasteiger partial charge < -0.3 is 29.9 Å². The van der Waals surface area contributed by atoms with Gasteiger partial charge in [-0.2, -0.15) is 5.10 Å². The second kappa shape index (κ2) is 14.7. The number of H-pyrrole nitrogens is 1. The Kier molecular flexibility index (Phi) is 10.6. The van der Waals surface area contributed by atoms with Crippen molar-refractivity contribution in [1.82, 2.24) is 30.6 Å². The summed E-state index contributed by atoms with van der Waals surface area (Å²) >= 11 is 6.02. The number of aromatic amines is 1. The third-order valence-electron chi connectivity index (χ3n) is 9.21. The number of carbonyl (C=O) groups excluding carboxylic acids is 4. The van der Waals surface area contributed by atoms with Crippen LogP contribution >= 0.6 is 11.6 Å². The fourth-order valence-corrected chi connectivity index (χ4v) is 6.85. The second-order valence-electron chi connectivity index (χ2n) is 13.0. The monoisotopic (exact) mass is 678 g/mol. The molecular weight excluding hydrogens is 636 g/mol. The van der Waals surface area contributed by atoms with Gasteiger partial charge in [-0.05, 0) is 69.2 Å². The fourth-order valence-electron chi connectivity index (χ4n) is 6.70. The molecule has 4 amide bonds. The van der Waals surface area contributed by atoms with E-state index in [9.17, 15) is 19.2 Å². The summed E-state index contributed by atoms with van der Waals surface area (Å²) in [6.45, 7) is 6.60. The molecule has 4 atom stereocenters. The summed E-state index contributed by atoms with van der Waals surface area (Å²) in [5.74, 6) is -1.43. The smallest absolute Gasteiger partial charge is 0.274 e. The average Bonchev–Trinajstić information content (AvgIpc) is 3.72. The molecule has 13 heteroatoms. The molecule has 0 bridgehead atoms. The lowest BCUT2D eigenvalue weighted by molar-refractivity contribution is -0.137. The van der Waals surface area contributed by atoms with E-state index in [1.54, 1.807) is 34.9 Å². The molecule has 3 heterocycles. The van der Waals surface area contributed by atoms with Gasteiger partial charge in [0.05, 0.1) is 19.1 Å². The summed E-state index contributed by atoms with van der Waals surface area (Å²) in [5.41, 5.74) is 0.385. The van der Waals surface area contributed by atoms with E-state index in [2.05, 4.69) is 20.8 Å². The summed E-state index contributed by atoms with van der Waals surface area (Å²) in [6.07, 6.45) is 0.858. The number of fused-ring (bicyclic) bond motifs is 1. The van der Waals surface area contributed by atoms with Gasteiger partial charge in [0.15, 0.2) is 17.2 Å². The van der Waals surface area contributed by atoms with E-state index < -0.39 is 11.5 Å². The van der Waals surface area contributed by atoms with Gasteiger partial charge in [-0.3, -0.25) is 24.3 Å². The number of halogens is 1. The van der Waals surface area contributed by atoms with Gasteiger partial charge in [-0.25, -0.2) is 0 Å². The highest BCUT2D eigenvalue weighted by Gasteiger charge is 2.49. The summed E-state index contributed by atoms with van der Waals surface area (Å²) in [6, 6.07) is 16.3. The number of hydrogen-bond donors (Lipinski definition) is 3. The van der Waals surface area contributed by atoms with Crippen LogP contribution in [0.1, 0.15) is 53.6 Å². The molecule has 0 saturated carbocycles. The van der Waals surface area contributed by atoms with Gasteiger partial charge in [0, 0.05) is 44.9 Å². The molecular formula is C35H43ClN6O6. The first-order valence-corrected chi connectivity index (χ1v) is 16.5. The van der Waals surface area contributed by atoms with Crippen molar-refractivity contribution in [2.75, 3.05) is 40.3 Å². The number of piperidine rings is 1. The number of nitrogens with one attached hydrogen (secondary N) is 3. The lowest BCUT2D eigenvalue weighted by atomic mass is 9.78. The number of likely N-dealkylation sites (N-methyl/N-ethyl adjacent to an activating group) is 1. The number of aryl methyl sites for hydroxylation is 1. The maximum atomic E-state index is 14.2. The van der Waals surface area contributed by atoms with Gasteiger partial charge in [-0.15, -0.1) is 0 Å². The van der Waals surface area contributed by atoms with Crippen LogP contribution in [0.3, 0.4) is 0 Å². The number of carbonyl (C=O) groups is 4. The van der Waals surface area contributed by atoms with Gasteiger partial charge in [-0.1, -0.05) is 41.9 Å². The number of likely N-dealkylation sites (tertiary alicyclic amines) is 2. The Morgan fingerprint density at radius 1 is 1.00 bits per heavy atom.